The second-order valence-corrected chi connectivity index (χ2v) is 5.35. The van der Waals surface area contributed by atoms with E-state index in [9.17, 15) is 4.79 Å². The predicted octanol–water partition coefficient (Wildman–Crippen LogP) is 2.65. The number of amides is 1. The van der Waals surface area contributed by atoms with Crippen LogP contribution in [0.1, 0.15) is 12.2 Å². The minimum Gasteiger partial charge on any atom is -0.497 e. The van der Waals surface area contributed by atoms with Gasteiger partial charge < -0.3 is 19.2 Å². The van der Waals surface area contributed by atoms with E-state index < -0.39 is 0 Å². The first-order valence-electron chi connectivity index (χ1n) is 7.79. The van der Waals surface area contributed by atoms with Crippen LogP contribution in [0.4, 0.5) is 5.69 Å². The van der Waals surface area contributed by atoms with E-state index in [1.165, 1.54) is 0 Å². The maximum atomic E-state index is 12.4. The van der Waals surface area contributed by atoms with Crippen LogP contribution in [0, 0.1) is 11.3 Å². The fourth-order valence-corrected chi connectivity index (χ4v) is 2.33. The zero-order valence-corrected chi connectivity index (χ0v) is 14.3. The SMILES string of the molecule is COc1cc(NC(=O)CN(CCC#N)Cc2ccco2)cc(OC)c1. The average molecular weight is 343 g/mol. The quantitative estimate of drug-likeness (QED) is 0.753. The summed E-state index contributed by atoms with van der Waals surface area (Å²) in [5.74, 6) is 1.73. The lowest BCUT2D eigenvalue weighted by molar-refractivity contribution is -0.117. The zero-order valence-electron chi connectivity index (χ0n) is 14.3. The number of hydrogen-bond acceptors (Lipinski definition) is 6. The van der Waals surface area contributed by atoms with Gasteiger partial charge in [0.15, 0.2) is 0 Å². The van der Waals surface area contributed by atoms with Crippen LogP contribution in [0.3, 0.4) is 0 Å². The summed E-state index contributed by atoms with van der Waals surface area (Å²) in [5.41, 5.74) is 0.583. The number of anilines is 1. The Morgan fingerprint density at radius 2 is 2.00 bits per heavy atom. The molecule has 0 spiro atoms. The molecule has 0 fully saturated rings. The lowest BCUT2D eigenvalue weighted by atomic mass is 10.2. The third-order valence-corrected chi connectivity index (χ3v) is 3.50. The summed E-state index contributed by atoms with van der Waals surface area (Å²) in [7, 11) is 3.10. The minimum atomic E-state index is -0.195. The Kier molecular flexibility index (Phi) is 6.87. The first kappa shape index (κ1) is 18.4. The molecule has 0 bridgehead atoms. The second-order valence-electron chi connectivity index (χ2n) is 5.35. The van der Waals surface area contributed by atoms with Gasteiger partial charge in [-0.2, -0.15) is 5.26 Å². The number of carbonyl (C=O) groups excluding carboxylic acids is 1. The van der Waals surface area contributed by atoms with E-state index in [2.05, 4.69) is 11.4 Å². The van der Waals surface area contributed by atoms with E-state index in [0.717, 1.165) is 5.76 Å². The number of nitrogens with one attached hydrogen (secondary N) is 1. The number of nitriles is 1. The Morgan fingerprint density at radius 1 is 1.28 bits per heavy atom. The summed E-state index contributed by atoms with van der Waals surface area (Å²) in [6.07, 6.45) is 1.92. The molecule has 0 aliphatic heterocycles. The standard InChI is InChI=1S/C18H21N3O4/c1-23-16-9-14(10-17(11-16)24-2)20-18(22)13-21(7-4-6-19)12-15-5-3-8-25-15/h3,5,8-11H,4,7,12-13H2,1-2H3,(H,20,22). The highest BCUT2D eigenvalue weighted by Gasteiger charge is 2.13. The summed E-state index contributed by atoms with van der Waals surface area (Å²) in [4.78, 5) is 14.2. The van der Waals surface area contributed by atoms with Crippen molar-refractivity contribution in [2.75, 3.05) is 32.6 Å². The van der Waals surface area contributed by atoms with E-state index in [1.807, 2.05) is 11.0 Å². The van der Waals surface area contributed by atoms with Crippen molar-refractivity contribution < 1.29 is 18.7 Å². The third-order valence-electron chi connectivity index (χ3n) is 3.50. The highest BCUT2D eigenvalue weighted by molar-refractivity contribution is 5.92. The van der Waals surface area contributed by atoms with E-state index in [-0.39, 0.29) is 12.5 Å². The number of benzene rings is 1. The van der Waals surface area contributed by atoms with Gasteiger partial charge in [0.2, 0.25) is 5.91 Å². The molecule has 7 heteroatoms. The molecule has 25 heavy (non-hydrogen) atoms. The molecule has 1 heterocycles. The molecule has 0 unspecified atom stereocenters. The van der Waals surface area contributed by atoms with Gasteiger partial charge in [0.1, 0.15) is 17.3 Å². The molecule has 0 atom stereocenters. The first-order valence-corrected chi connectivity index (χ1v) is 7.79. The van der Waals surface area contributed by atoms with Gasteiger partial charge in [-0.3, -0.25) is 9.69 Å². The summed E-state index contributed by atoms with van der Waals surface area (Å²) in [5, 5.41) is 11.6. The smallest absolute Gasteiger partial charge is 0.238 e. The minimum absolute atomic E-state index is 0.141. The van der Waals surface area contributed by atoms with Crippen molar-refractivity contribution in [2.45, 2.75) is 13.0 Å². The Bertz CT molecular complexity index is 700. The lowest BCUT2D eigenvalue weighted by Crippen LogP contribution is -2.33. The van der Waals surface area contributed by atoms with Crippen LogP contribution in [-0.4, -0.2) is 38.1 Å². The fourth-order valence-electron chi connectivity index (χ4n) is 2.33. The van der Waals surface area contributed by atoms with Crippen molar-refractivity contribution in [1.82, 2.24) is 4.90 Å². The molecule has 1 aromatic heterocycles. The van der Waals surface area contributed by atoms with E-state index in [0.29, 0.717) is 36.7 Å². The molecular formula is C18H21N3O4. The number of carbonyl (C=O) groups is 1. The highest BCUT2D eigenvalue weighted by Crippen LogP contribution is 2.25. The zero-order chi connectivity index (χ0) is 18.1. The lowest BCUT2D eigenvalue weighted by Gasteiger charge is -2.19. The van der Waals surface area contributed by atoms with Gasteiger partial charge in [0, 0.05) is 36.9 Å². The van der Waals surface area contributed by atoms with E-state index in [1.54, 1.807) is 44.7 Å². The number of rotatable bonds is 9. The third kappa shape index (κ3) is 5.86. The largest absolute Gasteiger partial charge is 0.497 e. The molecular weight excluding hydrogens is 322 g/mol. The van der Waals surface area contributed by atoms with Crippen molar-refractivity contribution >= 4 is 11.6 Å². The molecule has 1 N–H and O–H groups in total. The van der Waals surface area contributed by atoms with Crippen molar-refractivity contribution in [3.05, 3.63) is 42.4 Å². The number of hydrogen-bond donors (Lipinski definition) is 1. The molecule has 0 saturated carbocycles. The molecule has 2 rings (SSSR count). The second kappa shape index (κ2) is 9.35. The van der Waals surface area contributed by atoms with Crippen LogP contribution >= 0.6 is 0 Å². The monoisotopic (exact) mass is 343 g/mol. The number of ether oxygens (including phenoxy) is 2. The van der Waals surface area contributed by atoms with Crippen LogP contribution in [-0.2, 0) is 11.3 Å². The first-order chi connectivity index (χ1) is 12.1. The van der Waals surface area contributed by atoms with Gasteiger partial charge in [-0.25, -0.2) is 0 Å². The molecule has 0 aliphatic carbocycles. The Morgan fingerprint density at radius 3 is 2.56 bits per heavy atom. The predicted molar refractivity (Wildman–Crippen MR) is 92.4 cm³/mol. The number of nitrogens with zero attached hydrogens (tertiary/aromatic N) is 2. The molecule has 1 aromatic carbocycles. The van der Waals surface area contributed by atoms with Crippen LogP contribution < -0.4 is 14.8 Å². The van der Waals surface area contributed by atoms with Crippen molar-refractivity contribution in [1.29, 1.82) is 5.26 Å². The summed E-state index contributed by atoms with van der Waals surface area (Å²) >= 11 is 0. The van der Waals surface area contributed by atoms with Crippen molar-refractivity contribution in [3.63, 3.8) is 0 Å². The molecule has 2 aromatic rings. The van der Waals surface area contributed by atoms with Crippen LogP contribution in [0.25, 0.3) is 0 Å². The normalized spacial score (nSPS) is 10.3. The van der Waals surface area contributed by atoms with E-state index in [4.69, 9.17) is 19.2 Å². The summed E-state index contributed by atoms with van der Waals surface area (Å²) in [6, 6.07) is 10.9. The molecule has 132 valence electrons. The molecule has 0 saturated heterocycles. The Labute approximate surface area is 146 Å². The Hall–Kier alpha value is -2.98. The van der Waals surface area contributed by atoms with Gasteiger partial charge in [0.25, 0.3) is 0 Å². The topological polar surface area (TPSA) is 87.7 Å². The summed E-state index contributed by atoms with van der Waals surface area (Å²) < 4.78 is 15.7. The van der Waals surface area contributed by atoms with Gasteiger partial charge >= 0.3 is 0 Å². The van der Waals surface area contributed by atoms with Crippen LogP contribution in [0.15, 0.2) is 41.0 Å². The summed E-state index contributed by atoms with van der Waals surface area (Å²) in [6.45, 7) is 1.08. The Balaban J connectivity index is 2.01. The maximum absolute atomic E-state index is 12.4. The van der Waals surface area contributed by atoms with Gasteiger partial charge in [-0.05, 0) is 12.1 Å². The van der Waals surface area contributed by atoms with Gasteiger partial charge in [0.05, 0.1) is 39.6 Å². The van der Waals surface area contributed by atoms with Gasteiger partial charge in [-0.15, -0.1) is 0 Å². The number of furan rings is 1. The van der Waals surface area contributed by atoms with E-state index >= 15 is 0 Å². The van der Waals surface area contributed by atoms with Crippen molar-refractivity contribution in [3.8, 4) is 17.6 Å². The average Bonchev–Trinajstić information content (AvgIpc) is 3.12. The van der Waals surface area contributed by atoms with Gasteiger partial charge in [-0.1, -0.05) is 0 Å². The van der Waals surface area contributed by atoms with Crippen molar-refractivity contribution in [2.24, 2.45) is 0 Å². The van der Waals surface area contributed by atoms with Crippen LogP contribution in [0.5, 0.6) is 11.5 Å². The maximum Gasteiger partial charge on any atom is 0.238 e. The number of methoxy groups -OCH3 is 2. The highest BCUT2D eigenvalue weighted by atomic mass is 16.5. The molecule has 0 radical (unpaired) electrons. The fraction of sp³-hybridized carbons (Fsp3) is 0.333. The molecule has 1 amide bonds. The molecule has 7 nitrogen and oxygen atoms in total. The molecule has 0 aliphatic rings. The van der Waals surface area contributed by atoms with Crippen LogP contribution in [0.2, 0.25) is 0 Å².